The molecule has 0 saturated heterocycles. The Kier molecular flexibility index (Phi) is 7.03. The summed E-state index contributed by atoms with van der Waals surface area (Å²) < 4.78 is 0. The van der Waals surface area contributed by atoms with Crippen molar-refractivity contribution in [2.24, 2.45) is 17.8 Å². The van der Waals surface area contributed by atoms with E-state index in [0.717, 1.165) is 24.0 Å². The van der Waals surface area contributed by atoms with Gasteiger partial charge in [0.05, 0.1) is 0 Å². The highest BCUT2D eigenvalue weighted by molar-refractivity contribution is 5.85. The molecule has 2 rings (SSSR count). The quantitative estimate of drug-likeness (QED) is 0.710. The highest BCUT2D eigenvalue weighted by atomic mass is 16.3. The van der Waals surface area contributed by atoms with Crippen LogP contribution in [0, 0.1) is 17.8 Å². The van der Waals surface area contributed by atoms with E-state index in [9.17, 15) is 9.90 Å². The van der Waals surface area contributed by atoms with Gasteiger partial charge in [0.2, 0.25) is 0 Å². The number of aliphatic hydroxyl groups is 2. The maximum absolute atomic E-state index is 12.8. The number of benzene rings is 1. The fourth-order valence-electron chi connectivity index (χ4n) is 4.26. The molecule has 0 bridgehead atoms. The largest absolute Gasteiger partial charge is 0.396 e. The molecule has 25 heavy (non-hydrogen) atoms. The van der Waals surface area contributed by atoms with Gasteiger partial charge in [0.25, 0.3) is 5.91 Å². The summed E-state index contributed by atoms with van der Waals surface area (Å²) >= 11 is 0. The fraction of sp³-hybridized carbons (Fsp3) is 0.667. The molecule has 1 aromatic rings. The first-order valence-electron chi connectivity index (χ1n) is 9.56. The molecule has 1 saturated carbocycles. The Bertz CT molecular complexity index is 572. The maximum atomic E-state index is 12.8. The molecule has 1 aliphatic rings. The number of amides is 1. The van der Waals surface area contributed by atoms with Crippen LogP contribution in [0.5, 0.6) is 0 Å². The van der Waals surface area contributed by atoms with Gasteiger partial charge in [-0.15, -0.1) is 0 Å². The number of hydrogen-bond donors (Lipinski definition) is 3. The molecule has 2 unspecified atom stereocenters. The molecule has 0 aliphatic heterocycles. The lowest BCUT2D eigenvalue weighted by molar-refractivity contribution is -0.155. The number of aliphatic hydroxyl groups excluding tert-OH is 1. The first kappa shape index (κ1) is 19.9. The summed E-state index contributed by atoms with van der Waals surface area (Å²) in [4.78, 5) is 12.8. The second-order valence-electron chi connectivity index (χ2n) is 7.91. The normalized spacial score (nSPS) is 26.6. The second kappa shape index (κ2) is 8.81. The molecule has 0 aromatic heterocycles. The zero-order valence-corrected chi connectivity index (χ0v) is 15.8. The lowest BCUT2D eigenvalue weighted by Gasteiger charge is -2.43. The van der Waals surface area contributed by atoms with Crippen molar-refractivity contribution in [3.8, 4) is 0 Å². The van der Waals surface area contributed by atoms with E-state index >= 15 is 0 Å². The van der Waals surface area contributed by atoms with Crippen LogP contribution in [0.1, 0.15) is 51.2 Å². The third-order valence-corrected chi connectivity index (χ3v) is 5.62. The Morgan fingerprint density at radius 2 is 1.88 bits per heavy atom. The van der Waals surface area contributed by atoms with E-state index in [0.29, 0.717) is 31.7 Å². The van der Waals surface area contributed by atoms with E-state index in [1.54, 1.807) is 0 Å². The lowest BCUT2D eigenvalue weighted by Crippen LogP contribution is -2.56. The summed E-state index contributed by atoms with van der Waals surface area (Å²) in [5.41, 5.74) is 1.00. The number of rotatable bonds is 7. The van der Waals surface area contributed by atoms with E-state index in [1.165, 1.54) is 0 Å². The van der Waals surface area contributed by atoms with Gasteiger partial charge < -0.3 is 15.5 Å². The van der Waals surface area contributed by atoms with Crippen LogP contribution in [-0.2, 0) is 17.6 Å². The molecule has 4 heteroatoms. The van der Waals surface area contributed by atoms with E-state index < -0.39 is 5.60 Å². The van der Waals surface area contributed by atoms with Crippen LogP contribution in [0.25, 0.3) is 0 Å². The maximum Gasteiger partial charge on any atom is 0.252 e. The third-order valence-electron chi connectivity index (χ3n) is 5.62. The molecule has 1 aliphatic carbocycles. The fourth-order valence-corrected chi connectivity index (χ4v) is 4.26. The first-order chi connectivity index (χ1) is 11.9. The Morgan fingerprint density at radius 1 is 1.24 bits per heavy atom. The van der Waals surface area contributed by atoms with Gasteiger partial charge >= 0.3 is 0 Å². The van der Waals surface area contributed by atoms with Crippen molar-refractivity contribution in [1.29, 1.82) is 0 Å². The standard InChI is InChI=1S/C21H33NO3/c1-15(2)19-9-8-16(3)14-21(19,25)20(24)22-12-10-17-6-4-5-7-18(17)11-13-23/h4-7,15-16,19,23,25H,8-14H2,1-3H3,(H,22,24)/t16?,19?,21-/m1/s1. The highest BCUT2D eigenvalue weighted by Crippen LogP contribution is 2.41. The predicted molar refractivity (Wildman–Crippen MR) is 100 cm³/mol. The third kappa shape index (κ3) is 4.83. The van der Waals surface area contributed by atoms with Crippen LogP contribution < -0.4 is 5.32 Å². The molecule has 140 valence electrons. The summed E-state index contributed by atoms with van der Waals surface area (Å²) in [7, 11) is 0. The zero-order valence-electron chi connectivity index (χ0n) is 15.8. The number of carbonyl (C=O) groups is 1. The predicted octanol–water partition coefficient (Wildman–Crippen LogP) is 2.70. The summed E-state index contributed by atoms with van der Waals surface area (Å²) in [5, 5.41) is 23.3. The Labute approximate surface area is 151 Å². The molecule has 1 amide bonds. The number of carbonyl (C=O) groups excluding carboxylic acids is 1. The van der Waals surface area contributed by atoms with Crippen LogP contribution in [0.4, 0.5) is 0 Å². The van der Waals surface area contributed by atoms with Crippen LogP contribution in [0.2, 0.25) is 0 Å². The van der Waals surface area contributed by atoms with Gasteiger partial charge in [0.15, 0.2) is 0 Å². The van der Waals surface area contributed by atoms with E-state index in [4.69, 9.17) is 5.11 Å². The van der Waals surface area contributed by atoms with E-state index in [2.05, 4.69) is 26.1 Å². The minimum atomic E-state index is -1.25. The average Bonchev–Trinajstić information content (AvgIpc) is 2.56. The lowest BCUT2D eigenvalue weighted by atomic mass is 9.66. The molecule has 1 aromatic carbocycles. The molecular formula is C21H33NO3. The molecule has 0 heterocycles. The van der Waals surface area contributed by atoms with E-state index in [1.807, 2.05) is 24.3 Å². The monoisotopic (exact) mass is 347 g/mol. The molecule has 3 atom stereocenters. The van der Waals surface area contributed by atoms with Crippen molar-refractivity contribution in [3.05, 3.63) is 35.4 Å². The highest BCUT2D eigenvalue weighted by Gasteiger charge is 2.48. The first-order valence-corrected chi connectivity index (χ1v) is 9.56. The van der Waals surface area contributed by atoms with E-state index in [-0.39, 0.29) is 24.3 Å². The molecular weight excluding hydrogens is 314 g/mol. The molecule has 0 radical (unpaired) electrons. The van der Waals surface area contributed by atoms with Gasteiger partial charge in [-0.1, -0.05) is 51.5 Å². The summed E-state index contributed by atoms with van der Waals surface area (Å²) in [5.74, 6) is 0.451. The van der Waals surface area contributed by atoms with Crippen LogP contribution >= 0.6 is 0 Å². The summed E-state index contributed by atoms with van der Waals surface area (Å²) in [6, 6.07) is 7.99. The van der Waals surface area contributed by atoms with Gasteiger partial charge in [-0.2, -0.15) is 0 Å². The Morgan fingerprint density at radius 3 is 2.48 bits per heavy atom. The van der Waals surface area contributed by atoms with Gasteiger partial charge in [-0.05, 0) is 54.6 Å². The van der Waals surface area contributed by atoms with Gasteiger partial charge in [0, 0.05) is 13.2 Å². The van der Waals surface area contributed by atoms with Crippen LogP contribution in [0.3, 0.4) is 0 Å². The van der Waals surface area contributed by atoms with Crippen molar-refractivity contribution in [2.75, 3.05) is 13.2 Å². The van der Waals surface area contributed by atoms with Crippen molar-refractivity contribution in [1.82, 2.24) is 5.32 Å². The topological polar surface area (TPSA) is 69.6 Å². The van der Waals surface area contributed by atoms with Crippen molar-refractivity contribution >= 4 is 5.91 Å². The van der Waals surface area contributed by atoms with Crippen molar-refractivity contribution in [3.63, 3.8) is 0 Å². The Balaban J connectivity index is 1.99. The van der Waals surface area contributed by atoms with Crippen molar-refractivity contribution < 1.29 is 15.0 Å². The second-order valence-corrected chi connectivity index (χ2v) is 7.91. The minimum absolute atomic E-state index is 0.0189. The SMILES string of the molecule is CC1CCC(C(C)C)[C@@](O)(C(=O)NCCc2ccccc2CCO)C1. The smallest absolute Gasteiger partial charge is 0.252 e. The summed E-state index contributed by atoms with van der Waals surface area (Å²) in [6.45, 7) is 6.91. The molecule has 0 spiro atoms. The van der Waals surface area contributed by atoms with Crippen LogP contribution in [-0.4, -0.2) is 34.9 Å². The van der Waals surface area contributed by atoms with Crippen molar-refractivity contribution in [2.45, 2.75) is 58.5 Å². The summed E-state index contributed by atoms with van der Waals surface area (Å²) in [6.07, 6.45) is 3.86. The molecule has 3 N–H and O–H groups in total. The Hall–Kier alpha value is -1.39. The van der Waals surface area contributed by atoms with Gasteiger partial charge in [-0.3, -0.25) is 4.79 Å². The number of hydrogen-bond acceptors (Lipinski definition) is 3. The number of nitrogens with one attached hydrogen (secondary N) is 1. The zero-order chi connectivity index (χ0) is 18.4. The van der Waals surface area contributed by atoms with Gasteiger partial charge in [0.1, 0.15) is 5.60 Å². The average molecular weight is 347 g/mol. The molecule has 4 nitrogen and oxygen atoms in total. The van der Waals surface area contributed by atoms with Crippen LogP contribution in [0.15, 0.2) is 24.3 Å². The molecule has 1 fully saturated rings. The van der Waals surface area contributed by atoms with Gasteiger partial charge in [-0.25, -0.2) is 0 Å². The minimum Gasteiger partial charge on any atom is -0.396 e.